The van der Waals surface area contributed by atoms with E-state index >= 15 is 0 Å². The van der Waals surface area contributed by atoms with E-state index in [1.54, 1.807) is 0 Å². The van der Waals surface area contributed by atoms with Crippen LogP contribution in [0.2, 0.25) is 0 Å². The van der Waals surface area contributed by atoms with Crippen LogP contribution in [0.25, 0.3) is 0 Å². The van der Waals surface area contributed by atoms with Crippen molar-refractivity contribution in [2.75, 3.05) is 0 Å². The minimum atomic E-state index is 0. The van der Waals surface area contributed by atoms with Gasteiger partial charge in [0.05, 0.1) is 0 Å². The van der Waals surface area contributed by atoms with Crippen LogP contribution in [0, 0.1) is 0 Å². The first kappa shape index (κ1) is 28.6. The maximum absolute atomic E-state index is 0. The molecule has 0 saturated heterocycles. The number of halogens is 1. The molecule has 0 amide bonds. The summed E-state index contributed by atoms with van der Waals surface area (Å²) in [7, 11) is 0. The first-order chi connectivity index (χ1) is 0. The van der Waals surface area contributed by atoms with Crippen LogP contribution in [-0.4, -0.2) is 80.6 Å². The fourth-order valence-corrected chi connectivity index (χ4v) is 0. The molecule has 0 heterocycles. The Hall–Kier alpha value is 2.89. The van der Waals surface area contributed by atoms with Gasteiger partial charge in [0.25, 0.3) is 0 Å². The van der Waals surface area contributed by atoms with Crippen molar-refractivity contribution in [3.63, 3.8) is 0 Å². The molecule has 4 heteroatoms. The molecule has 28 valence electrons. The van der Waals surface area contributed by atoms with Gasteiger partial charge in [0.1, 0.15) is 0 Å². The number of hydrogen-bond acceptors (Lipinski definition) is 0. The average Bonchev–Trinajstić information content (AvgIpc) is 0. The van der Waals surface area contributed by atoms with Gasteiger partial charge in [0.2, 0.25) is 0 Å². The molecule has 0 unspecified atom stereocenters. The van der Waals surface area contributed by atoms with Crippen LogP contribution in [0.1, 0.15) is 2.85 Å². The Morgan fingerprint density at radius 2 is 1.25 bits per heavy atom. The van der Waals surface area contributed by atoms with Crippen LogP contribution >= 0.6 is 17.0 Å². The third-order valence-corrected chi connectivity index (χ3v) is 0. The maximum Gasteiger partial charge on any atom is -1.00 e. The van der Waals surface area contributed by atoms with Gasteiger partial charge in [-0.3, -0.25) is 0 Å². The Labute approximate surface area is 98.2 Å². The van der Waals surface area contributed by atoms with E-state index in [1.807, 2.05) is 0 Å². The quantitative estimate of drug-likeness (QED) is 0.399. The molecule has 0 saturated carbocycles. The first-order valence-corrected chi connectivity index (χ1v) is 0. The second kappa shape index (κ2) is 16.9. The van der Waals surface area contributed by atoms with E-state index in [0.717, 1.165) is 0 Å². The Bertz CT molecular complexity index is 13.5. The van der Waals surface area contributed by atoms with Crippen molar-refractivity contribution >= 4 is 92.1 Å². The van der Waals surface area contributed by atoms with Gasteiger partial charge in [-0.25, -0.2) is 0 Å². The fourth-order valence-electron chi connectivity index (χ4n) is 0. The second-order valence-electron chi connectivity index (χ2n) is 0. The summed E-state index contributed by atoms with van der Waals surface area (Å²) in [4.78, 5) is 0. The van der Waals surface area contributed by atoms with Gasteiger partial charge in [-0.15, -0.1) is 17.0 Å². The van der Waals surface area contributed by atoms with Crippen molar-refractivity contribution in [1.29, 1.82) is 0 Å². The zero-order valence-corrected chi connectivity index (χ0v) is 14.0. The van der Waals surface area contributed by atoms with Crippen molar-refractivity contribution in [3.8, 4) is 0 Å². The predicted octanol–water partition coefficient (Wildman–Crippen LogP) is -1.59. The molecule has 1 nitrogen and oxygen atoms in total. The molecule has 4 heavy (non-hydrogen) atoms. The summed E-state index contributed by atoms with van der Waals surface area (Å²) in [5.74, 6) is 0. The smallest absolute Gasteiger partial charge is 1.00 e. The minimum Gasteiger partial charge on any atom is -1.00 e. The Kier molecular flexibility index (Phi) is 120. The van der Waals surface area contributed by atoms with Crippen LogP contribution in [0.5, 0.6) is 0 Å². The molecule has 0 bridgehead atoms. The Balaban J connectivity index is 0. The molecule has 0 aromatic rings. The van der Waals surface area contributed by atoms with Crippen LogP contribution in [0.3, 0.4) is 0 Å². The maximum atomic E-state index is 0. The molecule has 0 atom stereocenters. The summed E-state index contributed by atoms with van der Waals surface area (Å²) >= 11 is 0. The van der Waals surface area contributed by atoms with Crippen molar-refractivity contribution < 1.29 is 8.33 Å². The van der Waals surface area contributed by atoms with Gasteiger partial charge in [0, 0.05) is 0 Å². The van der Waals surface area contributed by atoms with E-state index < -0.39 is 0 Å². The van der Waals surface area contributed by atoms with Crippen LogP contribution in [0.4, 0.5) is 0 Å². The monoisotopic (exact) mass is 450 g/mol. The van der Waals surface area contributed by atoms with E-state index in [0.29, 0.717) is 0 Å². The molecule has 0 fully saturated rings. The summed E-state index contributed by atoms with van der Waals surface area (Å²) in [5.41, 5.74) is 0. The zero-order valence-electron chi connectivity index (χ0n) is 4.32. The van der Waals surface area contributed by atoms with E-state index in [9.17, 15) is 0 Å². The summed E-state index contributed by atoms with van der Waals surface area (Å²) in [6.07, 6.45) is 0. The molecule has 0 rings (SSSR count). The SMILES string of the molecule is Br.O.[Ba+2].[BiH3].[H-].[H-]. The van der Waals surface area contributed by atoms with Gasteiger partial charge >= 0.3 is 75.1 Å². The van der Waals surface area contributed by atoms with Crippen LogP contribution in [-0.2, 0) is 0 Å². The molecule has 2 N–H and O–H groups in total. The third-order valence-electron chi connectivity index (χ3n) is 0. The van der Waals surface area contributed by atoms with Gasteiger partial charge < -0.3 is 8.33 Å². The zero-order chi connectivity index (χ0) is 0. The molecular weight excluding hydrogens is 442 g/mol. The Morgan fingerprint density at radius 3 is 1.25 bits per heavy atom. The average molecular weight is 450 g/mol. The van der Waals surface area contributed by atoms with Gasteiger partial charge in [-0.05, 0) is 0 Å². The molecule has 0 aromatic heterocycles. The molecule has 0 spiro atoms. The first-order valence-electron chi connectivity index (χ1n) is 0. The van der Waals surface area contributed by atoms with E-state index in [2.05, 4.69) is 0 Å². The molecular formula is H8BaBiBrO. The number of hydrogen-bond donors (Lipinski definition) is 0. The molecule has 0 radical (unpaired) electrons. The predicted molar refractivity (Wildman–Crippen MR) is 31.9 cm³/mol. The Morgan fingerprint density at radius 1 is 1.25 bits per heavy atom. The largest absolute Gasteiger partial charge is 1.00 e. The molecule has 0 aliphatic rings. The van der Waals surface area contributed by atoms with Crippen molar-refractivity contribution in [2.45, 2.75) is 0 Å². The van der Waals surface area contributed by atoms with E-state index in [-0.39, 0.29) is 100 Å². The van der Waals surface area contributed by atoms with Crippen molar-refractivity contribution in [3.05, 3.63) is 0 Å². The summed E-state index contributed by atoms with van der Waals surface area (Å²) in [5, 5.41) is 0. The topological polar surface area (TPSA) is 31.5 Å². The van der Waals surface area contributed by atoms with Crippen LogP contribution in [0.15, 0.2) is 0 Å². The molecule has 0 aromatic carbocycles. The molecule has 0 aliphatic carbocycles. The van der Waals surface area contributed by atoms with Crippen molar-refractivity contribution in [2.24, 2.45) is 0 Å². The standard InChI is InChI=1S/Ba.Bi.BrH.H2O.5H/h;;1H;1H2;;;;;/q+2;;;;;;;2*-1. The van der Waals surface area contributed by atoms with Gasteiger partial charge in [0.15, 0.2) is 0 Å². The van der Waals surface area contributed by atoms with Crippen LogP contribution < -0.4 is 0 Å². The second-order valence-corrected chi connectivity index (χ2v) is 0. The summed E-state index contributed by atoms with van der Waals surface area (Å²) < 4.78 is 0. The fraction of sp³-hybridized carbons (Fsp3) is 0. The van der Waals surface area contributed by atoms with Crippen molar-refractivity contribution in [1.82, 2.24) is 0 Å². The minimum absolute atomic E-state index is 0. The third kappa shape index (κ3) is 8.86. The van der Waals surface area contributed by atoms with Gasteiger partial charge in [-0.2, -0.15) is 0 Å². The normalized spacial score (nSPS) is 0. The summed E-state index contributed by atoms with van der Waals surface area (Å²) in [6, 6.07) is 0. The summed E-state index contributed by atoms with van der Waals surface area (Å²) in [6.45, 7) is 0. The molecule has 0 aliphatic heterocycles. The number of rotatable bonds is 0. The van der Waals surface area contributed by atoms with E-state index in [1.165, 1.54) is 0 Å². The van der Waals surface area contributed by atoms with Gasteiger partial charge in [-0.1, -0.05) is 0 Å². The van der Waals surface area contributed by atoms with E-state index in [4.69, 9.17) is 0 Å².